The number of nitrogens with one attached hydrogen (secondary N) is 1. The first-order chi connectivity index (χ1) is 10.2. The van der Waals surface area contributed by atoms with Crippen molar-refractivity contribution in [3.05, 3.63) is 0 Å². The van der Waals surface area contributed by atoms with Crippen molar-refractivity contribution in [2.75, 3.05) is 26.4 Å². The zero-order valence-corrected chi connectivity index (χ0v) is 13.4. The Bertz CT molecular complexity index is 337. The van der Waals surface area contributed by atoms with Crippen molar-refractivity contribution in [3.8, 4) is 0 Å². The van der Waals surface area contributed by atoms with Crippen molar-refractivity contribution in [2.24, 2.45) is 5.92 Å². The van der Waals surface area contributed by atoms with Crippen LogP contribution in [-0.4, -0.2) is 48.7 Å². The van der Waals surface area contributed by atoms with Gasteiger partial charge in [0.15, 0.2) is 0 Å². The first-order valence-corrected chi connectivity index (χ1v) is 8.76. The molecule has 3 fully saturated rings. The zero-order valence-electron chi connectivity index (χ0n) is 13.4. The van der Waals surface area contributed by atoms with Crippen LogP contribution in [0.25, 0.3) is 0 Å². The molecule has 0 aromatic carbocycles. The number of hydrogen-bond donors (Lipinski definition) is 2. The van der Waals surface area contributed by atoms with Gasteiger partial charge in [0, 0.05) is 31.4 Å². The molecule has 4 heteroatoms. The minimum Gasteiger partial charge on any atom is -0.394 e. The fraction of sp³-hybridized carbons (Fsp3) is 1.00. The fourth-order valence-electron chi connectivity index (χ4n) is 4.66. The summed E-state index contributed by atoms with van der Waals surface area (Å²) in [5.41, 5.74) is -0.0167. The standard InChI is InChI=1S/C17H31NO3/c1-14-3-2-5-16(11-14,13-19)18-15-4-8-21-17(12-15)6-9-20-10-7-17/h14-15,18-19H,2-13H2,1H3. The summed E-state index contributed by atoms with van der Waals surface area (Å²) in [6, 6.07) is 0.481. The lowest BCUT2D eigenvalue weighted by Gasteiger charge is -2.48. The lowest BCUT2D eigenvalue weighted by molar-refractivity contribution is -0.143. The van der Waals surface area contributed by atoms with E-state index in [4.69, 9.17) is 9.47 Å². The third-order valence-electron chi connectivity index (χ3n) is 5.80. The van der Waals surface area contributed by atoms with Gasteiger partial charge in [0.05, 0.1) is 12.2 Å². The van der Waals surface area contributed by atoms with E-state index >= 15 is 0 Å². The molecular weight excluding hydrogens is 266 g/mol. The van der Waals surface area contributed by atoms with E-state index in [0.717, 1.165) is 64.3 Å². The van der Waals surface area contributed by atoms with Crippen LogP contribution in [0.4, 0.5) is 0 Å². The summed E-state index contributed by atoms with van der Waals surface area (Å²) in [5.74, 6) is 0.718. The molecule has 0 radical (unpaired) electrons. The number of aliphatic hydroxyl groups is 1. The molecule has 3 unspecified atom stereocenters. The largest absolute Gasteiger partial charge is 0.394 e. The third kappa shape index (κ3) is 3.61. The Labute approximate surface area is 128 Å². The molecular formula is C17H31NO3. The van der Waals surface area contributed by atoms with E-state index in [2.05, 4.69) is 12.2 Å². The first-order valence-electron chi connectivity index (χ1n) is 8.76. The molecule has 1 saturated carbocycles. The molecule has 1 spiro atoms. The molecule has 4 nitrogen and oxygen atoms in total. The van der Waals surface area contributed by atoms with Crippen LogP contribution in [0, 0.1) is 5.92 Å². The highest BCUT2D eigenvalue weighted by Gasteiger charge is 2.42. The number of ether oxygens (including phenoxy) is 2. The van der Waals surface area contributed by atoms with Gasteiger partial charge >= 0.3 is 0 Å². The molecule has 3 atom stereocenters. The third-order valence-corrected chi connectivity index (χ3v) is 5.80. The zero-order chi connectivity index (χ0) is 14.8. The molecule has 0 aromatic heterocycles. The number of aliphatic hydroxyl groups excluding tert-OH is 1. The fourth-order valence-corrected chi connectivity index (χ4v) is 4.66. The second-order valence-corrected chi connectivity index (χ2v) is 7.62. The Morgan fingerprint density at radius 1 is 1.10 bits per heavy atom. The molecule has 122 valence electrons. The maximum Gasteiger partial charge on any atom is 0.0741 e. The van der Waals surface area contributed by atoms with E-state index in [0.29, 0.717) is 6.04 Å². The average molecular weight is 297 g/mol. The molecule has 3 rings (SSSR count). The normalized spacial score (nSPS) is 40.3. The SMILES string of the molecule is CC1CCCC(CO)(NC2CCOC3(CCOCC3)C2)C1. The number of rotatable bonds is 3. The van der Waals surface area contributed by atoms with Crippen molar-refractivity contribution in [2.45, 2.75) is 75.5 Å². The minimum atomic E-state index is -0.0496. The van der Waals surface area contributed by atoms with Gasteiger partial charge in [-0.3, -0.25) is 0 Å². The highest BCUT2D eigenvalue weighted by Crippen LogP contribution is 2.37. The summed E-state index contributed by atoms with van der Waals surface area (Å²) in [5, 5.41) is 13.8. The van der Waals surface area contributed by atoms with Crippen LogP contribution in [0.1, 0.15) is 58.3 Å². The van der Waals surface area contributed by atoms with Gasteiger partial charge in [0.2, 0.25) is 0 Å². The van der Waals surface area contributed by atoms with E-state index in [9.17, 15) is 5.11 Å². The molecule has 2 saturated heterocycles. The summed E-state index contributed by atoms with van der Waals surface area (Å²) in [6.07, 6.45) is 8.94. The first kappa shape index (κ1) is 15.7. The maximum atomic E-state index is 9.98. The minimum absolute atomic E-state index is 0.0328. The second-order valence-electron chi connectivity index (χ2n) is 7.62. The van der Waals surface area contributed by atoms with Gasteiger partial charge in [-0.1, -0.05) is 19.8 Å². The summed E-state index contributed by atoms with van der Waals surface area (Å²) in [4.78, 5) is 0. The Morgan fingerprint density at radius 3 is 2.62 bits per heavy atom. The van der Waals surface area contributed by atoms with Crippen LogP contribution in [0.3, 0.4) is 0 Å². The van der Waals surface area contributed by atoms with E-state index in [1.54, 1.807) is 0 Å². The van der Waals surface area contributed by atoms with E-state index in [-0.39, 0.29) is 17.7 Å². The van der Waals surface area contributed by atoms with Crippen molar-refractivity contribution in [1.29, 1.82) is 0 Å². The van der Waals surface area contributed by atoms with Gasteiger partial charge in [-0.2, -0.15) is 0 Å². The van der Waals surface area contributed by atoms with Crippen molar-refractivity contribution in [1.82, 2.24) is 5.32 Å². The van der Waals surface area contributed by atoms with Gasteiger partial charge in [0.25, 0.3) is 0 Å². The lowest BCUT2D eigenvalue weighted by Crippen LogP contribution is -2.59. The number of hydrogen-bond acceptors (Lipinski definition) is 4. The smallest absolute Gasteiger partial charge is 0.0741 e. The van der Waals surface area contributed by atoms with Crippen molar-refractivity contribution >= 4 is 0 Å². The van der Waals surface area contributed by atoms with Gasteiger partial charge in [-0.15, -0.1) is 0 Å². The molecule has 21 heavy (non-hydrogen) atoms. The van der Waals surface area contributed by atoms with E-state index in [1.165, 1.54) is 12.8 Å². The Morgan fingerprint density at radius 2 is 1.90 bits per heavy atom. The Kier molecular flexibility index (Phi) is 4.89. The van der Waals surface area contributed by atoms with E-state index < -0.39 is 0 Å². The van der Waals surface area contributed by atoms with Crippen LogP contribution in [0.15, 0.2) is 0 Å². The summed E-state index contributed by atoms with van der Waals surface area (Å²) in [6.45, 7) is 5.08. The second kappa shape index (κ2) is 6.53. The van der Waals surface area contributed by atoms with Crippen LogP contribution < -0.4 is 5.32 Å². The predicted octanol–water partition coefficient (Wildman–Crippen LogP) is 2.25. The molecule has 0 bridgehead atoms. The van der Waals surface area contributed by atoms with Gasteiger partial charge in [-0.25, -0.2) is 0 Å². The summed E-state index contributed by atoms with van der Waals surface area (Å²) >= 11 is 0. The van der Waals surface area contributed by atoms with Crippen LogP contribution in [0.2, 0.25) is 0 Å². The van der Waals surface area contributed by atoms with Crippen LogP contribution >= 0.6 is 0 Å². The summed E-state index contributed by atoms with van der Waals surface area (Å²) < 4.78 is 11.6. The molecule has 2 heterocycles. The van der Waals surface area contributed by atoms with Gasteiger partial charge < -0.3 is 19.9 Å². The predicted molar refractivity (Wildman–Crippen MR) is 82.3 cm³/mol. The maximum absolute atomic E-state index is 9.98. The van der Waals surface area contributed by atoms with Gasteiger partial charge in [0.1, 0.15) is 0 Å². The quantitative estimate of drug-likeness (QED) is 0.839. The molecule has 2 aliphatic heterocycles. The topological polar surface area (TPSA) is 50.7 Å². The van der Waals surface area contributed by atoms with Gasteiger partial charge in [-0.05, 0) is 44.4 Å². The molecule has 1 aliphatic carbocycles. The van der Waals surface area contributed by atoms with E-state index in [1.807, 2.05) is 0 Å². The molecule has 3 aliphatic rings. The Balaban J connectivity index is 1.63. The molecule has 0 amide bonds. The Hall–Kier alpha value is -0.160. The highest BCUT2D eigenvalue weighted by atomic mass is 16.5. The van der Waals surface area contributed by atoms with Crippen molar-refractivity contribution < 1.29 is 14.6 Å². The lowest BCUT2D eigenvalue weighted by atomic mass is 9.75. The van der Waals surface area contributed by atoms with Crippen LogP contribution in [-0.2, 0) is 9.47 Å². The molecule has 2 N–H and O–H groups in total. The monoisotopic (exact) mass is 297 g/mol. The average Bonchev–Trinajstić information content (AvgIpc) is 2.48. The van der Waals surface area contributed by atoms with Crippen LogP contribution in [0.5, 0.6) is 0 Å². The highest BCUT2D eigenvalue weighted by molar-refractivity contribution is 4.98. The molecule has 0 aromatic rings. The summed E-state index contributed by atoms with van der Waals surface area (Å²) in [7, 11) is 0. The van der Waals surface area contributed by atoms with Crippen molar-refractivity contribution in [3.63, 3.8) is 0 Å².